The Kier molecular flexibility index (Phi) is 9.51. The minimum Gasteiger partial charge on any atom is -0.299 e. The Balaban J connectivity index is 1.47. The minimum absolute atomic E-state index is 0.127. The number of hydrogen-bond donors (Lipinski definition) is 0. The van der Waals surface area contributed by atoms with Gasteiger partial charge in [-0.2, -0.15) is 0 Å². The summed E-state index contributed by atoms with van der Waals surface area (Å²) in [5.74, 6) is 1.09. The number of carbonyl (C=O) groups is 1. The molecule has 0 N–H and O–H groups in total. The molecule has 1 heterocycles. The van der Waals surface area contributed by atoms with Crippen molar-refractivity contribution in [1.82, 2.24) is 4.98 Å². The van der Waals surface area contributed by atoms with Crippen molar-refractivity contribution in [2.45, 2.75) is 67.2 Å². The lowest BCUT2D eigenvalue weighted by atomic mass is 9.84. The number of pyridine rings is 1. The molecule has 0 spiro atoms. The van der Waals surface area contributed by atoms with Crippen molar-refractivity contribution in [3.8, 4) is 0 Å². The number of fused-ring (bicyclic) bond motifs is 1. The molecule has 2 atom stereocenters. The number of nitrogens with zero attached hydrogens (tertiary/aromatic N) is 1. The van der Waals surface area contributed by atoms with Gasteiger partial charge in [0.2, 0.25) is 0 Å². The van der Waals surface area contributed by atoms with E-state index < -0.39 is 0 Å². The number of hydrogen-bond acceptors (Lipinski definition) is 2. The van der Waals surface area contributed by atoms with Crippen LogP contribution in [-0.2, 0) is 30.5 Å². The number of rotatable bonds is 11. The van der Waals surface area contributed by atoms with Gasteiger partial charge in [-0.1, -0.05) is 100 Å². The summed E-state index contributed by atoms with van der Waals surface area (Å²) in [7, 11) is 0. The summed E-state index contributed by atoms with van der Waals surface area (Å²) in [6.45, 7) is 13.2. The van der Waals surface area contributed by atoms with Crippen LogP contribution in [0.5, 0.6) is 0 Å². The zero-order valence-electron chi connectivity index (χ0n) is 24.5. The average Bonchev–Trinajstić information content (AvgIpc) is 2.92. The number of Topliss-reactive ketones (excluding diaryl/α,β-unsaturated/α-hetero) is 1. The summed E-state index contributed by atoms with van der Waals surface area (Å²) in [6, 6.07) is 23.9. The van der Waals surface area contributed by atoms with Crippen LogP contribution in [0.3, 0.4) is 0 Å². The number of benzene rings is 3. The van der Waals surface area contributed by atoms with Crippen LogP contribution < -0.4 is 0 Å². The maximum atomic E-state index is 13.5. The number of allylic oxidation sites excluding steroid dienone is 2. The number of aromatic nitrogens is 1. The fourth-order valence-electron chi connectivity index (χ4n) is 5.19. The molecule has 2 unspecified atom stereocenters. The lowest BCUT2D eigenvalue weighted by Gasteiger charge is -2.20. The second-order valence-corrected chi connectivity index (χ2v) is 11.6. The van der Waals surface area contributed by atoms with E-state index in [-0.39, 0.29) is 11.7 Å². The molecule has 0 aliphatic rings. The monoisotopic (exact) mass is 517 g/mol. The topological polar surface area (TPSA) is 30.0 Å². The molecule has 0 aliphatic heterocycles. The third-order valence-corrected chi connectivity index (χ3v) is 8.34. The molecule has 202 valence electrons. The zero-order chi connectivity index (χ0) is 27.9. The first-order chi connectivity index (χ1) is 18.7. The van der Waals surface area contributed by atoms with Crippen molar-refractivity contribution in [1.29, 1.82) is 0 Å². The Labute approximate surface area is 235 Å². The van der Waals surface area contributed by atoms with E-state index in [0.717, 1.165) is 30.4 Å². The highest BCUT2D eigenvalue weighted by Crippen LogP contribution is 2.26. The van der Waals surface area contributed by atoms with Crippen LogP contribution in [0.1, 0.15) is 61.1 Å². The largest absolute Gasteiger partial charge is 0.299 e. The van der Waals surface area contributed by atoms with Gasteiger partial charge >= 0.3 is 0 Å². The molecule has 4 aromatic rings. The molecule has 0 radical (unpaired) electrons. The lowest BCUT2D eigenvalue weighted by Crippen LogP contribution is -2.19. The van der Waals surface area contributed by atoms with Gasteiger partial charge in [0.1, 0.15) is 5.78 Å². The number of ketones is 1. The summed E-state index contributed by atoms with van der Waals surface area (Å²) in [5, 5.41) is 2.66. The highest BCUT2D eigenvalue weighted by molar-refractivity contribution is 5.87. The molecular formula is C37H43NO. The van der Waals surface area contributed by atoms with E-state index in [1.807, 2.05) is 12.3 Å². The Morgan fingerprint density at radius 3 is 2.26 bits per heavy atom. The summed E-state index contributed by atoms with van der Waals surface area (Å²) in [4.78, 5) is 17.8. The number of carbonyl (C=O) groups excluding carboxylic acids is 1. The molecule has 0 fully saturated rings. The zero-order valence-corrected chi connectivity index (χ0v) is 24.5. The van der Waals surface area contributed by atoms with Crippen LogP contribution in [0.25, 0.3) is 10.8 Å². The van der Waals surface area contributed by atoms with Gasteiger partial charge in [-0.15, -0.1) is 0 Å². The van der Waals surface area contributed by atoms with Gasteiger partial charge in [-0.3, -0.25) is 9.78 Å². The first-order valence-corrected chi connectivity index (χ1v) is 14.4. The third kappa shape index (κ3) is 7.53. The van der Waals surface area contributed by atoms with Crippen LogP contribution in [0.15, 0.2) is 90.8 Å². The molecule has 4 rings (SSSR count). The molecule has 39 heavy (non-hydrogen) atoms. The SMILES string of the molecule is Cc1cc2cccc(CCc3cccc(CC(=O)C(C)/C(=C/C(C)C(C)C)Cc4cccnc4)c3)c2cc1C. The van der Waals surface area contributed by atoms with E-state index in [1.54, 1.807) is 6.20 Å². The predicted octanol–water partition coefficient (Wildman–Crippen LogP) is 8.85. The smallest absolute Gasteiger partial charge is 0.144 e. The molecule has 0 amide bonds. The van der Waals surface area contributed by atoms with Crippen LogP contribution in [0.4, 0.5) is 0 Å². The Hall–Kier alpha value is -3.52. The highest BCUT2D eigenvalue weighted by Gasteiger charge is 2.20. The van der Waals surface area contributed by atoms with Gasteiger partial charge in [0.25, 0.3) is 0 Å². The Morgan fingerprint density at radius 2 is 1.51 bits per heavy atom. The lowest BCUT2D eigenvalue weighted by molar-refractivity contribution is -0.120. The third-order valence-electron chi connectivity index (χ3n) is 8.34. The summed E-state index contributed by atoms with van der Waals surface area (Å²) < 4.78 is 0. The molecule has 2 heteroatoms. The molecule has 0 saturated heterocycles. The Bertz CT molecular complexity index is 1450. The summed E-state index contributed by atoms with van der Waals surface area (Å²) >= 11 is 0. The fraction of sp³-hybridized carbons (Fsp3) is 0.351. The predicted molar refractivity (Wildman–Crippen MR) is 165 cm³/mol. The van der Waals surface area contributed by atoms with E-state index in [4.69, 9.17) is 0 Å². The normalized spacial score (nSPS) is 13.6. The highest BCUT2D eigenvalue weighted by atomic mass is 16.1. The van der Waals surface area contributed by atoms with Gasteiger partial charge in [0, 0.05) is 24.7 Å². The number of aryl methyl sites for hydroxylation is 4. The molecular weight excluding hydrogens is 474 g/mol. The van der Waals surface area contributed by atoms with Crippen molar-refractivity contribution in [2.24, 2.45) is 17.8 Å². The van der Waals surface area contributed by atoms with E-state index in [0.29, 0.717) is 18.3 Å². The van der Waals surface area contributed by atoms with E-state index in [9.17, 15) is 4.79 Å². The van der Waals surface area contributed by atoms with E-state index in [2.05, 4.69) is 113 Å². The van der Waals surface area contributed by atoms with Crippen molar-refractivity contribution < 1.29 is 4.79 Å². The van der Waals surface area contributed by atoms with Crippen molar-refractivity contribution >= 4 is 16.6 Å². The second kappa shape index (κ2) is 13.0. The quantitative estimate of drug-likeness (QED) is 0.186. The van der Waals surface area contributed by atoms with Gasteiger partial charge in [-0.25, -0.2) is 0 Å². The Morgan fingerprint density at radius 1 is 0.795 bits per heavy atom. The van der Waals surface area contributed by atoms with Gasteiger partial charge in [0.15, 0.2) is 0 Å². The summed E-state index contributed by atoms with van der Waals surface area (Å²) in [5.41, 5.74) is 8.80. The molecule has 1 aromatic heterocycles. The van der Waals surface area contributed by atoms with Gasteiger partial charge in [-0.05, 0) is 95.2 Å². The van der Waals surface area contributed by atoms with Crippen LogP contribution >= 0.6 is 0 Å². The molecule has 0 bridgehead atoms. The fourth-order valence-corrected chi connectivity index (χ4v) is 5.19. The molecule has 0 saturated carbocycles. The van der Waals surface area contributed by atoms with Gasteiger partial charge in [0.05, 0.1) is 0 Å². The van der Waals surface area contributed by atoms with Crippen LogP contribution in [0, 0.1) is 31.6 Å². The van der Waals surface area contributed by atoms with Crippen molar-refractivity contribution in [3.05, 3.63) is 124 Å². The van der Waals surface area contributed by atoms with E-state index >= 15 is 0 Å². The van der Waals surface area contributed by atoms with Crippen LogP contribution in [-0.4, -0.2) is 10.8 Å². The molecule has 0 aliphatic carbocycles. The average molecular weight is 518 g/mol. The summed E-state index contributed by atoms with van der Waals surface area (Å²) in [6.07, 6.45) is 9.20. The minimum atomic E-state index is -0.127. The van der Waals surface area contributed by atoms with Gasteiger partial charge < -0.3 is 0 Å². The van der Waals surface area contributed by atoms with E-state index in [1.165, 1.54) is 38.6 Å². The molecule has 2 nitrogen and oxygen atoms in total. The first-order valence-electron chi connectivity index (χ1n) is 14.4. The van der Waals surface area contributed by atoms with Crippen molar-refractivity contribution in [3.63, 3.8) is 0 Å². The van der Waals surface area contributed by atoms with Crippen molar-refractivity contribution in [2.75, 3.05) is 0 Å². The first kappa shape index (κ1) is 28.5. The maximum absolute atomic E-state index is 13.5. The second-order valence-electron chi connectivity index (χ2n) is 11.6. The maximum Gasteiger partial charge on any atom is 0.144 e. The van der Waals surface area contributed by atoms with Crippen LogP contribution in [0.2, 0.25) is 0 Å². The molecule has 3 aromatic carbocycles. The standard InChI is InChI=1S/C37H43NO/c1-25(2)26(3)18-35(22-32-12-9-17-38-24-32)29(6)37(39)23-31-11-7-10-30(21-31)15-16-33-13-8-14-34-19-27(4)28(5)20-36(33)34/h7-14,17-21,24-26,29H,15-16,22-23H2,1-6H3/b35-18+.